The van der Waals surface area contributed by atoms with Crippen molar-refractivity contribution in [1.82, 2.24) is 9.97 Å². The first kappa shape index (κ1) is 42.5. The van der Waals surface area contributed by atoms with E-state index >= 15 is 0 Å². The van der Waals surface area contributed by atoms with E-state index in [9.17, 15) is 0 Å². The fourth-order valence-electron chi connectivity index (χ4n) is 7.62. The summed E-state index contributed by atoms with van der Waals surface area (Å²) in [7, 11) is 0. The van der Waals surface area contributed by atoms with Crippen molar-refractivity contribution in [1.29, 1.82) is 0 Å². The van der Waals surface area contributed by atoms with E-state index in [0.717, 1.165) is 44.4 Å². The number of hydrogen-bond donors (Lipinski definition) is 0. The van der Waals surface area contributed by atoms with Crippen LogP contribution in [0, 0.1) is 18.8 Å². The predicted molar refractivity (Wildman–Crippen MR) is 249 cm³/mol. The molecule has 0 aliphatic carbocycles. The molecule has 2 aromatic heterocycles. The molecule has 7 aromatic rings. The van der Waals surface area contributed by atoms with Crippen LogP contribution in [-0.4, -0.2) is 24.9 Å². The third kappa shape index (κ3) is 8.54. The molecule has 0 saturated heterocycles. The molecular weight excluding hydrogens is 997 g/mol. The maximum Gasteiger partial charge on any atom is 0 e. The molecule has 2 aliphatic rings. The molecular formula is C53H50N5OPtSe-3. The minimum atomic E-state index is -0.0510. The summed E-state index contributed by atoms with van der Waals surface area (Å²) in [5.41, 5.74) is 12.2. The van der Waals surface area contributed by atoms with Crippen LogP contribution in [0.3, 0.4) is 0 Å². The SMILES string of the molecule is CC(C)(C)c1cc(-c2ccccc2)cc(N2[CH-]N(c3[c-]c(Oc4[c-]c5c(cn4)[Se]c4ccccc4N5c4cc(C(C)(C)C)ccn4)ccc3)c3ccc(C(C)(C)C)cc32)c1.[Pt]. The van der Waals surface area contributed by atoms with E-state index in [2.05, 4.69) is 205 Å². The standard InChI is InChI=1S/C53H50N5OSe.Pt/c1-51(2,3)37-22-23-43-45(29-37)57(41-27-36(35-16-11-10-12-17-35)26-39(28-41)53(7,8)9)34-56(43)40-18-15-19-42(31-40)59-50-32-46-48(33-55-50)60-47-21-14-13-20-44(47)58(46)49-30-38(24-25-54-49)52(4,5)6;/h10-30,33-34H,1-9H3;/q-3;. The van der Waals surface area contributed by atoms with Crippen LogP contribution in [0.1, 0.15) is 79.0 Å². The van der Waals surface area contributed by atoms with E-state index in [1.807, 2.05) is 24.5 Å². The number of nitrogens with zero attached hydrogens (tertiary/aromatic N) is 5. The van der Waals surface area contributed by atoms with Crippen molar-refractivity contribution in [2.75, 3.05) is 14.7 Å². The summed E-state index contributed by atoms with van der Waals surface area (Å²) in [5, 5.41) is 0. The number of para-hydroxylation sites is 1. The van der Waals surface area contributed by atoms with Crippen LogP contribution in [-0.2, 0) is 37.3 Å². The van der Waals surface area contributed by atoms with Gasteiger partial charge in [-0.3, -0.25) is 0 Å². The van der Waals surface area contributed by atoms with Crippen molar-refractivity contribution in [2.24, 2.45) is 0 Å². The molecule has 0 radical (unpaired) electrons. The van der Waals surface area contributed by atoms with E-state index in [1.165, 1.54) is 32.3 Å². The molecule has 0 unspecified atom stereocenters. The van der Waals surface area contributed by atoms with Crippen molar-refractivity contribution in [3.8, 4) is 22.8 Å². The van der Waals surface area contributed by atoms with Gasteiger partial charge >= 0.3 is 241 Å². The summed E-state index contributed by atoms with van der Waals surface area (Å²) >= 11 is 0.0457. The second-order valence-corrected chi connectivity index (χ2v) is 20.9. The fraction of sp³-hybridized carbons (Fsp3) is 0.226. The summed E-state index contributed by atoms with van der Waals surface area (Å²) in [6, 6.07) is 50.4. The molecule has 6 nitrogen and oxygen atoms in total. The van der Waals surface area contributed by atoms with Crippen LogP contribution in [0.25, 0.3) is 11.1 Å². The Balaban J connectivity index is 0.00000514. The molecule has 0 fully saturated rings. The predicted octanol–water partition coefficient (Wildman–Crippen LogP) is 12.3. The maximum absolute atomic E-state index is 6.56. The van der Waals surface area contributed by atoms with Gasteiger partial charge in [-0.05, 0) is 45.2 Å². The fourth-order valence-corrected chi connectivity index (χ4v) is 9.70. The van der Waals surface area contributed by atoms with Crippen molar-refractivity contribution in [3.63, 3.8) is 0 Å². The zero-order valence-corrected chi connectivity index (χ0v) is 40.1. The average Bonchev–Trinajstić information content (AvgIpc) is 3.61. The van der Waals surface area contributed by atoms with Crippen LogP contribution in [0.5, 0.6) is 11.6 Å². The quantitative estimate of drug-likeness (QED) is 0.122. The summed E-state index contributed by atoms with van der Waals surface area (Å²) in [6.45, 7) is 22.5. The Morgan fingerprint density at radius 3 is 2.05 bits per heavy atom. The van der Waals surface area contributed by atoms with Crippen LogP contribution in [0.15, 0.2) is 134 Å². The zero-order chi connectivity index (χ0) is 42.0. The number of pyridine rings is 2. The normalized spacial score (nSPS) is 13.6. The van der Waals surface area contributed by atoms with Gasteiger partial charge in [0, 0.05) is 21.1 Å². The first-order valence-corrected chi connectivity index (χ1v) is 22.3. The Morgan fingerprint density at radius 2 is 1.30 bits per heavy atom. The minimum absolute atomic E-state index is 0. The smallest absolute Gasteiger partial charge is 0 e. The number of anilines is 7. The molecule has 312 valence electrons. The summed E-state index contributed by atoms with van der Waals surface area (Å²) in [6.07, 6.45) is 3.84. The molecule has 0 saturated carbocycles. The van der Waals surface area contributed by atoms with Crippen molar-refractivity contribution in [3.05, 3.63) is 169 Å². The molecule has 61 heavy (non-hydrogen) atoms. The second-order valence-electron chi connectivity index (χ2n) is 18.7. The van der Waals surface area contributed by atoms with Crippen LogP contribution < -0.4 is 28.4 Å². The van der Waals surface area contributed by atoms with Gasteiger partial charge in [0.25, 0.3) is 0 Å². The summed E-state index contributed by atoms with van der Waals surface area (Å²) in [4.78, 5) is 16.4. The molecule has 4 heterocycles. The summed E-state index contributed by atoms with van der Waals surface area (Å²) < 4.78 is 8.96. The van der Waals surface area contributed by atoms with Gasteiger partial charge in [0.05, 0.1) is 0 Å². The van der Waals surface area contributed by atoms with Gasteiger partial charge in [-0.15, -0.1) is 0 Å². The van der Waals surface area contributed by atoms with Gasteiger partial charge in [0.2, 0.25) is 0 Å². The molecule has 0 atom stereocenters. The van der Waals surface area contributed by atoms with E-state index in [0.29, 0.717) is 11.6 Å². The number of aromatic nitrogens is 2. The van der Waals surface area contributed by atoms with E-state index in [1.54, 1.807) is 0 Å². The molecule has 8 heteroatoms. The van der Waals surface area contributed by atoms with Crippen molar-refractivity contribution >= 4 is 63.8 Å². The minimum Gasteiger partial charge on any atom is -0.0371 e. The average molecular weight is 1050 g/mol. The molecule has 5 aromatic carbocycles. The van der Waals surface area contributed by atoms with Crippen LogP contribution in [0.2, 0.25) is 0 Å². The Morgan fingerprint density at radius 1 is 0.574 bits per heavy atom. The first-order chi connectivity index (χ1) is 28.6. The van der Waals surface area contributed by atoms with Gasteiger partial charge in [-0.25, -0.2) is 0 Å². The first-order valence-electron chi connectivity index (χ1n) is 20.6. The zero-order valence-electron chi connectivity index (χ0n) is 36.1. The van der Waals surface area contributed by atoms with Gasteiger partial charge in [0.1, 0.15) is 0 Å². The van der Waals surface area contributed by atoms with Crippen molar-refractivity contribution in [2.45, 2.75) is 78.6 Å². The maximum atomic E-state index is 6.56. The van der Waals surface area contributed by atoms with Crippen molar-refractivity contribution < 1.29 is 25.8 Å². The molecule has 0 bridgehead atoms. The van der Waals surface area contributed by atoms with Gasteiger partial charge in [-0.2, -0.15) is 0 Å². The number of fused-ring (bicyclic) bond motifs is 3. The topological polar surface area (TPSA) is 44.7 Å². The third-order valence-corrected chi connectivity index (χ3v) is 13.4. The Kier molecular flexibility index (Phi) is 11.3. The Labute approximate surface area is 382 Å². The Hall–Kier alpha value is -5.19. The van der Waals surface area contributed by atoms with Crippen LogP contribution >= 0.6 is 0 Å². The van der Waals surface area contributed by atoms with E-state index < -0.39 is 0 Å². The molecule has 0 amide bonds. The van der Waals surface area contributed by atoms with Gasteiger partial charge in [0.15, 0.2) is 0 Å². The van der Waals surface area contributed by atoms with Gasteiger partial charge in [-0.1, -0.05) is 77.9 Å². The molecule has 9 rings (SSSR count). The number of ether oxygens (including phenoxy) is 1. The van der Waals surface area contributed by atoms with Gasteiger partial charge < -0.3 is 0 Å². The molecule has 2 aliphatic heterocycles. The third-order valence-electron chi connectivity index (χ3n) is 11.1. The number of rotatable bonds is 6. The van der Waals surface area contributed by atoms with E-state index in [-0.39, 0.29) is 52.3 Å². The van der Waals surface area contributed by atoms with Crippen LogP contribution in [0.4, 0.5) is 39.9 Å². The molecule has 0 spiro atoms. The summed E-state index contributed by atoms with van der Waals surface area (Å²) in [5.74, 6) is 1.78. The monoisotopic (exact) mass is 1050 g/mol. The molecule has 0 N–H and O–H groups in total. The largest absolute Gasteiger partial charge is 0.0371 e. The second kappa shape index (κ2) is 16.3. The van der Waals surface area contributed by atoms with E-state index in [4.69, 9.17) is 14.7 Å². The number of benzene rings is 5. The number of hydrogen-bond acceptors (Lipinski definition) is 6. The Bertz CT molecular complexity index is 2730.